The number of benzene rings is 1. The number of aliphatic hydroxyl groups is 1. The molecule has 0 saturated heterocycles. The van der Waals surface area contributed by atoms with Crippen LogP contribution in [-0.2, 0) is 5.60 Å². The minimum absolute atomic E-state index is 0.902. The van der Waals surface area contributed by atoms with Crippen molar-refractivity contribution in [3.8, 4) is 0 Å². The van der Waals surface area contributed by atoms with Gasteiger partial charge >= 0.3 is 0 Å². The van der Waals surface area contributed by atoms with Crippen molar-refractivity contribution in [1.29, 1.82) is 0 Å². The van der Waals surface area contributed by atoms with Crippen LogP contribution in [0.5, 0.6) is 0 Å². The molecule has 0 radical (unpaired) electrons. The third-order valence-corrected chi connectivity index (χ3v) is 4.03. The van der Waals surface area contributed by atoms with Crippen LogP contribution in [0.2, 0.25) is 0 Å². The second kappa shape index (κ2) is 4.32. The highest BCUT2D eigenvalue weighted by Crippen LogP contribution is 2.33. The summed E-state index contributed by atoms with van der Waals surface area (Å²) in [5.41, 5.74) is 0.932. The zero-order valence-electron chi connectivity index (χ0n) is 9.20. The minimum Gasteiger partial charge on any atom is -0.381 e. The molecule has 2 rings (SSSR count). The second-order valence-corrected chi connectivity index (χ2v) is 6.06. The van der Waals surface area contributed by atoms with Crippen molar-refractivity contribution in [2.45, 2.75) is 19.4 Å². The fourth-order valence-corrected chi connectivity index (χ4v) is 2.86. The van der Waals surface area contributed by atoms with Crippen molar-refractivity contribution in [1.82, 2.24) is 0 Å². The maximum atomic E-state index is 10.6. The summed E-state index contributed by atoms with van der Waals surface area (Å²) in [5, 5.41) is 12.6. The monoisotopic (exact) mass is 296 g/mol. The van der Waals surface area contributed by atoms with Crippen LogP contribution in [0.4, 0.5) is 0 Å². The lowest BCUT2D eigenvalue weighted by Crippen LogP contribution is -2.21. The molecule has 1 unspecified atom stereocenters. The van der Waals surface area contributed by atoms with Gasteiger partial charge in [0, 0.05) is 9.35 Å². The molecule has 0 amide bonds. The van der Waals surface area contributed by atoms with Gasteiger partial charge in [0.25, 0.3) is 0 Å². The molecule has 1 atom stereocenters. The van der Waals surface area contributed by atoms with Crippen LogP contribution in [0.1, 0.15) is 22.9 Å². The Labute approximate surface area is 108 Å². The quantitative estimate of drug-likeness (QED) is 0.885. The third-order valence-electron chi connectivity index (χ3n) is 2.68. The summed E-state index contributed by atoms with van der Waals surface area (Å²) < 4.78 is 0.984. The highest BCUT2D eigenvalue weighted by molar-refractivity contribution is 9.10. The Hall–Kier alpha value is -0.640. The second-order valence-electron chi connectivity index (χ2n) is 4.03. The van der Waals surface area contributed by atoms with Crippen LogP contribution in [0.3, 0.4) is 0 Å². The van der Waals surface area contributed by atoms with E-state index < -0.39 is 5.60 Å². The lowest BCUT2D eigenvalue weighted by atomic mass is 9.90. The topological polar surface area (TPSA) is 20.2 Å². The molecule has 0 saturated carbocycles. The first-order valence-corrected chi connectivity index (χ1v) is 6.71. The van der Waals surface area contributed by atoms with Gasteiger partial charge < -0.3 is 5.11 Å². The molecule has 0 spiro atoms. The van der Waals surface area contributed by atoms with Crippen molar-refractivity contribution in [3.63, 3.8) is 0 Å². The van der Waals surface area contributed by atoms with E-state index in [0.717, 1.165) is 15.6 Å². The number of thiophene rings is 1. The molecule has 1 nitrogen and oxygen atoms in total. The molecule has 0 fully saturated rings. The zero-order chi connectivity index (χ0) is 11.8. The predicted molar refractivity (Wildman–Crippen MR) is 71.9 cm³/mol. The van der Waals surface area contributed by atoms with Crippen LogP contribution in [0.25, 0.3) is 0 Å². The first kappa shape index (κ1) is 11.8. The van der Waals surface area contributed by atoms with E-state index in [4.69, 9.17) is 0 Å². The van der Waals surface area contributed by atoms with Gasteiger partial charge in [-0.2, -0.15) is 0 Å². The smallest absolute Gasteiger partial charge is 0.113 e. The summed E-state index contributed by atoms with van der Waals surface area (Å²) in [6.07, 6.45) is 0. The molecular weight excluding hydrogens is 284 g/mol. The summed E-state index contributed by atoms with van der Waals surface area (Å²) in [5.74, 6) is 0. The zero-order valence-corrected chi connectivity index (χ0v) is 11.6. The third kappa shape index (κ3) is 2.21. The average Bonchev–Trinajstić information content (AvgIpc) is 2.65. The van der Waals surface area contributed by atoms with E-state index in [0.29, 0.717) is 0 Å². The Balaban J connectivity index is 2.46. The molecule has 1 aromatic heterocycles. The van der Waals surface area contributed by atoms with Gasteiger partial charge in [-0.3, -0.25) is 0 Å². The fourth-order valence-electron chi connectivity index (χ4n) is 1.66. The molecular formula is C13H13BrOS. The van der Waals surface area contributed by atoms with Gasteiger partial charge in [-0.25, -0.2) is 0 Å². The molecule has 1 N–H and O–H groups in total. The van der Waals surface area contributed by atoms with Gasteiger partial charge in [0.1, 0.15) is 5.60 Å². The van der Waals surface area contributed by atoms with E-state index in [9.17, 15) is 5.11 Å². The first-order valence-electron chi connectivity index (χ1n) is 5.04. The highest BCUT2D eigenvalue weighted by atomic mass is 79.9. The predicted octanol–water partition coefficient (Wildman–Crippen LogP) is 4.07. The Morgan fingerprint density at radius 2 is 2.00 bits per heavy atom. The van der Waals surface area contributed by atoms with Gasteiger partial charge in [0.2, 0.25) is 0 Å². The van der Waals surface area contributed by atoms with Crippen molar-refractivity contribution in [2.24, 2.45) is 0 Å². The Morgan fingerprint density at radius 3 is 2.56 bits per heavy atom. The van der Waals surface area contributed by atoms with Gasteiger partial charge in [-0.1, -0.05) is 28.1 Å². The first-order chi connectivity index (χ1) is 7.50. The number of aryl methyl sites for hydroxylation is 1. The van der Waals surface area contributed by atoms with E-state index in [-0.39, 0.29) is 0 Å². The number of hydrogen-bond acceptors (Lipinski definition) is 2. The largest absolute Gasteiger partial charge is 0.381 e. The molecule has 2 aromatic rings. The summed E-state index contributed by atoms with van der Waals surface area (Å²) in [7, 11) is 0. The molecule has 0 aliphatic carbocycles. The Morgan fingerprint density at radius 1 is 1.25 bits per heavy atom. The van der Waals surface area contributed by atoms with Crippen molar-refractivity contribution in [3.05, 3.63) is 56.2 Å². The van der Waals surface area contributed by atoms with Crippen molar-refractivity contribution < 1.29 is 5.11 Å². The van der Waals surface area contributed by atoms with Crippen LogP contribution in [0.15, 0.2) is 40.2 Å². The van der Waals surface area contributed by atoms with Gasteiger partial charge in [-0.05, 0) is 48.6 Å². The normalized spacial score (nSPS) is 14.8. The summed E-state index contributed by atoms with van der Waals surface area (Å²) >= 11 is 5.08. The number of hydrogen-bond donors (Lipinski definition) is 1. The lowest BCUT2D eigenvalue weighted by molar-refractivity contribution is 0.103. The molecule has 1 heterocycles. The van der Waals surface area contributed by atoms with E-state index >= 15 is 0 Å². The molecule has 16 heavy (non-hydrogen) atoms. The van der Waals surface area contributed by atoms with Crippen molar-refractivity contribution >= 4 is 27.3 Å². The average molecular weight is 297 g/mol. The molecule has 0 bridgehead atoms. The van der Waals surface area contributed by atoms with Crippen LogP contribution < -0.4 is 0 Å². The number of halogens is 1. The van der Waals surface area contributed by atoms with E-state index in [1.807, 2.05) is 49.6 Å². The number of rotatable bonds is 2. The van der Waals surface area contributed by atoms with Gasteiger partial charge in [-0.15, -0.1) is 11.3 Å². The standard InChI is InChI=1S/C13H13BrOS/c1-9-6-11(8-16-9)13(2,15)10-4-3-5-12(14)7-10/h3-8,15H,1-2H3. The van der Waals surface area contributed by atoms with E-state index in [2.05, 4.69) is 15.9 Å². The fraction of sp³-hybridized carbons (Fsp3) is 0.231. The molecule has 0 aliphatic heterocycles. The van der Waals surface area contributed by atoms with Gasteiger partial charge in [0.15, 0.2) is 0 Å². The lowest BCUT2D eigenvalue weighted by Gasteiger charge is -2.23. The molecule has 84 valence electrons. The highest BCUT2D eigenvalue weighted by Gasteiger charge is 2.26. The van der Waals surface area contributed by atoms with Crippen LogP contribution >= 0.6 is 27.3 Å². The maximum absolute atomic E-state index is 10.6. The van der Waals surface area contributed by atoms with Gasteiger partial charge in [0.05, 0.1) is 0 Å². The Bertz CT molecular complexity index is 502. The summed E-state index contributed by atoms with van der Waals surface area (Å²) in [4.78, 5) is 1.21. The van der Waals surface area contributed by atoms with E-state index in [1.165, 1.54) is 4.88 Å². The Kier molecular flexibility index (Phi) is 3.19. The molecule has 3 heteroatoms. The van der Waals surface area contributed by atoms with E-state index in [1.54, 1.807) is 11.3 Å². The molecule has 1 aromatic carbocycles. The van der Waals surface area contributed by atoms with Crippen molar-refractivity contribution in [2.75, 3.05) is 0 Å². The summed E-state index contributed by atoms with van der Waals surface area (Å²) in [6.45, 7) is 3.88. The maximum Gasteiger partial charge on any atom is 0.113 e. The van der Waals surface area contributed by atoms with Crippen LogP contribution in [-0.4, -0.2) is 5.11 Å². The SMILES string of the molecule is Cc1cc(C(C)(O)c2cccc(Br)c2)cs1. The minimum atomic E-state index is -0.922. The molecule has 0 aliphatic rings. The van der Waals surface area contributed by atoms with Crippen LogP contribution in [0, 0.1) is 6.92 Å². The summed E-state index contributed by atoms with van der Waals surface area (Å²) in [6, 6.07) is 9.82.